The molecular formula is C70H99F34N4O12Si2+. The predicted molar refractivity (Wildman–Crippen MR) is 365 cm³/mol. The lowest BCUT2D eigenvalue weighted by Gasteiger charge is -2.49. The molecule has 3 saturated carbocycles. The van der Waals surface area contributed by atoms with E-state index in [0.29, 0.717) is 50.7 Å². The smallest absolute Gasteiger partial charge is 0.466 e. The number of halogens is 34. The summed E-state index contributed by atoms with van der Waals surface area (Å²) in [7, 11) is -8.97. The fourth-order valence-electron chi connectivity index (χ4n) is 16.3. The summed E-state index contributed by atoms with van der Waals surface area (Å²) in [6, 6.07) is -4.09. The first-order valence-corrected chi connectivity index (χ1v) is 44.0. The fourth-order valence-corrected chi connectivity index (χ4v) is 20.1. The molecular weight excluding hydrogens is 1790 g/mol. The number of hydrogen-bond donors (Lipinski definition) is 4. The van der Waals surface area contributed by atoms with Gasteiger partial charge in [0.05, 0.1) is 32.9 Å². The van der Waals surface area contributed by atoms with Crippen LogP contribution in [0.25, 0.3) is 0 Å². The number of carbonyl (C=O) groups excluding carboxylic acids is 1. The Hall–Kier alpha value is -4.49. The van der Waals surface area contributed by atoms with Crippen LogP contribution in [0.5, 0.6) is 0 Å². The van der Waals surface area contributed by atoms with Crippen LogP contribution in [0.1, 0.15) is 125 Å². The van der Waals surface area contributed by atoms with E-state index in [1.807, 2.05) is 20.8 Å². The van der Waals surface area contributed by atoms with E-state index in [-0.39, 0.29) is 82.5 Å². The summed E-state index contributed by atoms with van der Waals surface area (Å²) in [6.07, 6.45) is -24.9. The highest BCUT2D eigenvalue weighted by molar-refractivity contribution is 6.71. The minimum Gasteiger partial charge on any atom is -0.466 e. The van der Waals surface area contributed by atoms with Gasteiger partial charge in [-0.2, -0.15) is 154 Å². The van der Waals surface area contributed by atoms with Crippen LogP contribution in [0.4, 0.5) is 159 Å². The van der Waals surface area contributed by atoms with Gasteiger partial charge in [-0.25, -0.2) is 9.32 Å². The molecule has 122 heavy (non-hydrogen) atoms. The Labute approximate surface area is 680 Å². The molecule has 2 aliphatic heterocycles. The second-order valence-corrected chi connectivity index (χ2v) is 44.2. The molecule has 52 heteroatoms. The Kier molecular flexibility index (Phi) is 32.6. The molecule has 0 bridgehead atoms. The van der Waals surface area contributed by atoms with Crippen molar-refractivity contribution in [3.05, 3.63) is 24.7 Å². The molecule has 5 fully saturated rings. The molecule has 0 radical (unpaired) electrons. The monoisotopic (exact) mass is 1890 g/mol. The van der Waals surface area contributed by atoms with Crippen molar-refractivity contribution in [2.75, 3.05) is 79.0 Å². The Morgan fingerprint density at radius 2 is 0.877 bits per heavy atom. The maximum absolute atomic E-state index is 15.6. The van der Waals surface area contributed by atoms with Crippen LogP contribution >= 0.6 is 0 Å². The van der Waals surface area contributed by atoms with E-state index in [4.69, 9.17) is 42.1 Å². The van der Waals surface area contributed by atoms with E-state index in [1.165, 1.54) is 0 Å². The zero-order valence-corrected chi connectivity index (χ0v) is 69.3. The van der Waals surface area contributed by atoms with Crippen molar-refractivity contribution in [1.82, 2.24) is 16.0 Å². The molecule has 10 atom stereocenters. The SMILES string of the molecule is C=C1COC(CNC2CC(C)(C)CC(C)(CNC(=O)OC(COCC3CCCC(COCCC[N+](CC4(C)CC(NCC5OCC(=C)O5)CC(C)(C)C4)(O[Si](C)(C)CCC(F)(F)C(F)(F)C(F)(F)C(F)(F)C(F)(F)C(F)(F)C(F)(F)C(F)(F)F)C(=O)O)C3)CO[Si](C)(C)CCC(F)(F)C(F)(F)C(F)(F)C(F)(F)C(F)(F)C(F)(F)C(F)(F)C(F)(F)F)C2)O1. The standard InChI is InChI=1S/C70H98F34N4O12Si2/c1-40-30-114-47(117-40)28-105-44-24-51(3,4)36-53(7,26-44)38-107-49(109)119-46(35-116-121(9,10)21-17-55(71,72)57(75,76)59(79,80)61(83,84)63(87,88)65(91,92)67(95,96)69(99,100)101)34-113-33-43-16-13-15-42(23-43)32-112-20-14-19-108(50(110)111,39-54(8)27-45(25-52(5,6)37-54)106-29-48-115-31-41(2)118-48)120-122(11,12)22-18-56(73,74)58(77,78)60(81,82)62(85,86)64(89,90)66(93,94)68(97,98)70(102,103)104/h42-48,105-106H,1-2,13-39H2,3-12H3,(H-,107,109,110,111)/p+1. The minimum atomic E-state index is -8.88. The van der Waals surface area contributed by atoms with E-state index in [0.717, 1.165) is 26.2 Å². The topological polar surface area (TPSA) is 174 Å². The lowest BCUT2D eigenvalue weighted by Crippen LogP contribution is -2.74. The number of nitrogens with zero attached hydrogens (tertiary/aromatic N) is 1. The summed E-state index contributed by atoms with van der Waals surface area (Å²) in [6.45, 7) is 17.8. The summed E-state index contributed by atoms with van der Waals surface area (Å²) in [5, 5.41) is 20.4. The molecule has 4 N–H and O–H groups in total. The zero-order chi connectivity index (χ0) is 94.4. The number of nitrogens with one attached hydrogen (secondary N) is 3. The highest BCUT2D eigenvalue weighted by atomic mass is 28.4. The highest BCUT2D eigenvalue weighted by Gasteiger charge is 2.97. The number of hydrogen-bond acceptors (Lipinski definition) is 13. The Morgan fingerprint density at radius 3 is 1.26 bits per heavy atom. The third-order valence-electron chi connectivity index (χ3n) is 21.9. The number of rotatable bonds is 44. The van der Waals surface area contributed by atoms with E-state index in [2.05, 4.69) is 29.1 Å². The van der Waals surface area contributed by atoms with Gasteiger partial charge in [-0.15, -0.1) is 0 Å². The van der Waals surface area contributed by atoms with Gasteiger partial charge in [0.15, 0.2) is 8.32 Å². The summed E-state index contributed by atoms with van der Waals surface area (Å²) in [5.74, 6) is -117. The maximum Gasteiger partial charge on any atom is 0.546 e. The molecule has 0 aromatic rings. The summed E-state index contributed by atoms with van der Waals surface area (Å²) in [4.78, 5) is 27.6. The molecule has 10 unspecified atom stereocenters. The lowest BCUT2D eigenvalue weighted by molar-refractivity contribution is -1.03. The number of amides is 2. The molecule has 0 aromatic carbocycles. The third kappa shape index (κ3) is 23.4. The number of quaternary nitrogens is 1. The van der Waals surface area contributed by atoms with Gasteiger partial charge in [0, 0.05) is 56.5 Å². The first kappa shape index (κ1) is 108. The van der Waals surface area contributed by atoms with Gasteiger partial charge in [0.2, 0.25) is 12.6 Å². The Balaban J connectivity index is 1.35. The van der Waals surface area contributed by atoms with Crippen LogP contribution in [-0.2, 0) is 42.1 Å². The maximum atomic E-state index is 15.6. The molecule has 2 saturated heterocycles. The van der Waals surface area contributed by atoms with Crippen molar-refractivity contribution in [1.29, 1.82) is 0 Å². The van der Waals surface area contributed by atoms with Crippen LogP contribution in [0.15, 0.2) is 24.7 Å². The van der Waals surface area contributed by atoms with Crippen LogP contribution in [0.3, 0.4) is 0 Å². The fraction of sp³-hybridized carbons (Fsp3) is 0.914. The summed E-state index contributed by atoms with van der Waals surface area (Å²) in [5.41, 5.74) is -3.07. The second-order valence-electron chi connectivity index (χ2n) is 35.6. The quantitative estimate of drug-likeness (QED) is 0.0149. The molecule has 16 nitrogen and oxygen atoms in total. The van der Waals surface area contributed by atoms with E-state index in [1.54, 1.807) is 20.8 Å². The van der Waals surface area contributed by atoms with Gasteiger partial charge in [0.1, 0.15) is 43.9 Å². The van der Waals surface area contributed by atoms with Crippen LogP contribution in [0.2, 0.25) is 38.3 Å². The van der Waals surface area contributed by atoms with Crippen molar-refractivity contribution in [2.45, 2.75) is 289 Å². The number of alkyl carbamates (subject to hydrolysis) is 1. The zero-order valence-electron chi connectivity index (χ0n) is 67.3. The summed E-state index contributed by atoms with van der Waals surface area (Å²) < 4.78 is 533. The largest absolute Gasteiger partial charge is 0.546 e. The van der Waals surface area contributed by atoms with E-state index in [9.17, 15) is 138 Å². The highest BCUT2D eigenvalue weighted by Crippen LogP contribution is 2.67. The third-order valence-corrected chi connectivity index (χ3v) is 26.6. The molecule has 0 aromatic heterocycles. The van der Waals surface area contributed by atoms with E-state index < -0.39 is 246 Å². The molecule has 3 aliphatic carbocycles. The Morgan fingerprint density at radius 1 is 0.508 bits per heavy atom. The van der Waals surface area contributed by atoms with Crippen molar-refractivity contribution >= 4 is 28.8 Å². The van der Waals surface area contributed by atoms with Crippen LogP contribution < -0.4 is 16.0 Å². The van der Waals surface area contributed by atoms with Crippen molar-refractivity contribution in [3.8, 4) is 0 Å². The molecule has 2 amide bonds. The Bertz CT molecular complexity index is 3540. The van der Waals surface area contributed by atoms with Crippen LogP contribution in [0, 0.1) is 33.5 Å². The molecule has 0 spiro atoms. The number of hydroxylamine groups is 3. The molecule has 2 heterocycles. The molecule has 716 valence electrons. The van der Waals surface area contributed by atoms with Crippen molar-refractivity contribution in [2.24, 2.45) is 33.5 Å². The van der Waals surface area contributed by atoms with Crippen molar-refractivity contribution in [3.63, 3.8) is 0 Å². The number of ether oxygens (including phenoxy) is 7. The number of carbonyl (C=O) groups is 2. The van der Waals surface area contributed by atoms with E-state index >= 15 is 26.3 Å². The molecule has 5 aliphatic rings. The average Bonchev–Trinajstić information content (AvgIpc) is 0.715. The number of alkyl halides is 34. The lowest BCUT2D eigenvalue weighted by atomic mass is 9.62. The first-order valence-electron chi connectivity index (χ1n) is 37.8. The minimum absolute atomic E-state index is 0.0211. The first-order chi connectivity index (χ1) is 54.4. The van der Waals surface area contributed by atoms with Gasteiger partial charge in [0.25, 0.3) is 8.32 Å². The molecule has 5 rings (SSSR count). The van der Waals surface area contributed by atoms with Gasteiger partial charge in [-0.05, 0) is 124 Å². The second kappa shape index (κ2) is 36.8. The predicted octanol–water partition coefficient (Wildman–Crippen LogP) is 21.1. The van der Waals surface area contributed by atoms with Gasteiger partial charge >= 0.3 is 107 Å². The summed E-state index contributed by atoms with van der Waals surface area (Å²) >= 11 is 0. The van der Waals surface area contributed by atoms with Crippen LogP contribution in [-0.4, -0.2) is 244 Å². The van der Waals surface area contributed by atoms with Crippen molar-refractivity contribution < 1.29 is 211 Å². The average molecular weight is 1890 g/mol. The van der Waals surface area contributed by atoms with Gasteiger partial charge in [-0.1, -0.05) is 65.8 Å². The number of carboxylic acid groups (broad SMARTS) is 1. The van der Waals surface area contributed by atoms with Gasteiger partial charge < -0.3 is 58.6 Å². The van der Waals surface area contributed by atoms with Gasteiger partial charge in [-0.3, -0.25) is 0 Å². The normalized spacial score (nSPS) is 25.6.